The van der Waals surface area contributed by atoms with E-state index in [1.165, 1.54) is 0 Å². The summed E-state index contributed by atoms with van der Waals surface area (Å²) < 4.78 is 2.26. The molecule has 4 aromatic rings. The van der Waals surface area contributed by atoms with Gasteiger partial charge in [0.25, 0.3) is 0 Å². The summed E-state index contributed by atoms with van der Waals surface area (Å²) >= 11 is 6.16. The maximum atomic E-state index is 6.16. The standard InChI is InChI=1S/C22H22ClN3/c1-22(2,3)13-26-14-25-20(15-7-5-4-6-8-15)21(26)18-12-24-19-11-16(23)9-10-17(18)19/h4-12,14,24H,13H2,1-3H3. The normalized spacial score (nSPS) is 12.0. The van der Waals surface area contributed by atoms with Crippen LogP contribution in [0.25, 0.3) is 33.4 Å². The van der Waals surface area contributed by atoms with Gasteiger partial charge in [0.1, 0.15) is 0 Å². The maximum Gasteiger partial charge on any atom is 0.0963 e. The minimum atomic E-state index is 0.152. The molecule has 26 heavy (non-hydrogen) atoms. The van der Waals surface area contributed by atoms with Gasteiger partial charge in [-0.25, -0.2) is 4.98 Å². The predicted molar refractivity (Wildman–Crippen MR) is 109 cm³/mol. The van der Waals surface area contributed by atoms with E-state index in [1.54, 1.807) is 0 Å². The first-order valence-electron chi connectivity index (χ1n) is 8.80. The van der Waals surface area contributed by atoms with Crippen molar-refractivity contribution in [2.24, 2.45) is 5.41 Å². The van der Waals surface area contributed by atoms with E-state index in [-0.39, 0.29) is 5.41 Å². The van der Waals surface area contributed by atoms with Gasteiger partial charge < -0.3 is 9.55 Å². The summed E-state index contributed by atoms with van der Waals surface area (Å²) in [6.07, 6.45) is 4.02. The number of halogens is 1. The van der Waals surface area contributed by atoms with Crippen molar-refractivity contribution in [2.45, 2.75) is 27.3 Å². The number of rotatable bonds is 3. The Hall–Kier alpha value is -2.52. The minimum Gasteiger partial charge on any atom is -0.360 e. The third kappa shape index (κ3) is 3.15. The Bertz CT molecular complexity index is 1050. The van der Waals surface area contributed by atoms with Gasteiger partial charge in [0.15, 0.2) is 0 Å². The van der Waals surface area contributed by atoms with E-state index in [4.69, 9.17) is 16.6 Å². The summed E-state index contributed by atoms with van der Waals surface area (Å²) in [7, 11) is 0. The Labute approximate surface area is 158 Å². The number of nitrogens with zero attached hydrogens (tertiary/aromatic N) is 2. The summed E-state index contributed by atoms with van der Waals surface area (Å²) in [5.41, 5.74) is 5.61. The van der Waals surface area contributed by atoms with E-state index < -0.39 is 0 Å². The van der Waals surface area contributed by atoms with Crippen molar-refractivity contribution in [3.8, 4) is 22.5 Å². The van der Waals surface area contributed by atoms with Crippen LogP contribution in [0.4, 0.5) is 0 Å². The van der Waals surface area contributed by atoms with E-state index in [0.717, 1.165) is 45.0 Å². The van der Waals surface area contributed by atoms with Crippen molar-refractivity contribution in [3.05, 3.63) is 66.1 Å². The first-order valence-corrected chi connectivity index (χ1v) is 9.18. The molecule has 0 fully saturated rings. The number of benzene rings is 2. The lowest BCUT2D eigenvalue weighted by atomic mass is 9.96. The molecule has 0 aliphatic carbocycles. The Kier molecular flexibility index (Phi) is 4.12. The monoisotopic (exact) mass is 363 g/mol. The Morgan fingerprint density at radius 2 is 1.85 bits per heavy atom. The fourth-order valence-electron chi connectivity index (χ4n) is 3.40. The molecule has 0 bridgehead atoms. The fraction of sp³-hybridized carbons (Fsp3) is 0.227. The van der Waals surface area contributed by atoms with Gasteiger partial charge in [-0.1, -0.05) is 68.8 Å². The number of fused-ring (bicyclic) bond motifs is 1. The van der Waals surface area contributed by atoms with Crippen LogP contribution in [-0.4, -0.2) is 14.5 Å². The molecule has 0 saturated heterocycles. The largest absolute Gasteiger partial charge is 0.360 e. The van der Waals surface area contributed by atoms with E-state index in [9.17, 15) is 0 Å². The molecule has 2 heterocycles. The molecule has 0 aliphatic heterocycles. The highest BCUT2D eigenvalue weighted by molar-refractivity contribution is 6.31. The molecule has 0 radical (unpaired) electrons. The van der Waals surface area contributed by atoms with Crippen LogP contribution >= 0.6 is 11.6 Å². The van der Waals surface area contributed by atoms with Crippen molar-refractivity contribution in [1.29, 1.82) is 0 Å². The Balaban J connectivity index is 1.96. The molecule has 2 aromatic heterocycles. The van der Waals surface area contributed by atoms with Gasteiger partial charge in [-0.05, 0) is 17.5 Å². The molecule has 4 rings (SSSR count). The second kappa shape index (κ2) is 6.33. The van der Waals surface area contributed by atoms with Crippen molar-refractivity contribution in [3.63, 3.8) is 0 Å². The van der Waals surface area contributed by atoms with Gasteiger partial charge in [-0.3, -0.25) is 0 Å². The highest BCUT2D eigenvalue weighted by atomic mass is 35.5. The number of nitrogens with one attached hydrogen (secondary N) is 1. The maximum absolute atomic E-state index is 6.16. The zero-order valence-electron chi connectivity index (χ0n) is 15.3. The van der Waals surface area contributed by atoms with Gasteiger partial charge in [0.2, 0.25) is 0 Å². The Morgan fingerprint density at radius 3 is 2.58 bits per heavy atom. The molecule has 0 atom stereocenters. The number of hydrogen-bond acceptors (Lipinski definition) is 1. The number of aromatic nitrogens is 3. The van der Waals surface area contributed by atoms with Crippen molar-refractivity contribution in [1.82, 2.24) is 14.5 Å². The molecular formula is C22H22ClN3. The first kappa shape index (κ1) is 16.9. The first-order chi connectivity index (χ1) is 12.4. The number of H-pyrrole nitrogens is 1. The highest BCUT2D eigenvalue weighted by Gasteiger charge is 2.21. The van der Waals surface area contributed by atoms with Gasteiger partial charge >= 0.3 is 0 Å². The van der Waals surface area contributed by atoms with Crippen LogP contribution in [0.3, 0.4) is 0 Å². The summed E-state index contributed by atoms with van der Waals surface area (Å²) in [5.74, 6) is 0. The summed E-state index contributed by atoms with van der Waals surface area (Å²) in [5, 5.41) is 1.89. The van der Waals surface area contributed by atoms with Gasteiger partial charge in [0, 0.05) is 39.8 Å². The van der Waals surface area contributed by atoms with Crippen molar-refractivity contribution >= 4 is 22.5 Å². The second-order valence-electron chi connectivity index (χ2n) is 7.89. The lowest BCUT2D eigenvalue weighted by molar-refractivity contribution is 0.345. The lowest BCUT2D eigenvalue weighted by Gasteiger charge is -2.21. The zero-order chi connectivity index (χ0) is 18.3. The van der Waals surface area contributed by atoms with Crippen molar-refractivity contribution in [2.75, 3.05) is 0 Å². The van der Waals surface area contributed by atoms with Crippen LogP contribution in [0.2, 0.25) is 5.02 Å². The van der Waals surface area contributed by atoms with E-state index >= 15 is 0 Å². The highest BCUT2D eigenvalue weighted by Crippen LogP contribution is 2.37. The molecular weight excluding hydrogens is 342 g/mol. The molecule has 0 amide bonds. The molecule has 0 unspecified atom stereocenters. The van der Waals surface area contributed by atoms with E-state index in [0.29, 0.717) is 0 Å². The van der Waals surface area contributed by atoms with Crippen LogP contribution in [0, 0.1) is 5.41 Å². The number of imidazole rings is 1. The van der Waals surface area contributed by atoms with Gasteiger partial charge in [-0.15, -0.1) is 0 Å². The van der Waals surface area contributed by atoms with Crippen LogP contribution in [0.5, 0.6) is 0 Å². The summed E-state index contributed by atoms with van der Waals surface area (Å²) in [6.45, 7) is 7.62. The van der Waals surface area contributed by atoms with Gasteiger partial charge in [-0.2, -0.15) is 0 Å². The second-order valence-corrected chi connectivity index (χ2v) is 8.33. The molecule has 132 valence electrons. The average molecular weight is 364 g/mol. The van der Waals surface area contributed by atoms with Crippen LogP contribution in [0.1, 0.15) is 20.8 Å². The molecule has 0 saturated carbocycles. The van der Waals surface area contributed by atoms with Crippen LogP contribution in [0.15, 0.2) is 61.1 Å². The SMILES string of the molecule is CC(C)(C)Cn1cnc(-c2ccccc2)c1-c1c[nH]c2cc(Cl)ccc12. The summed E-state index contributed by atoms with van der Waals surface area (Å²) in [6, 6.07) is 16.3. The fourth-order valence-corrected chi connectivity index (χ4v) is 3.57. The average Bonchev–Trinajstić information content (AvgIpc) is 3.17. The summed E-state index contributed by atoms with van der Waals surface area (Å²) in [4.78, 5) is 8.13. The lowest BCUT2D eigenvalue weighted by Crippen LogP contribution is -2.15. The zero-order valence-corrected chi connectivity index (χ0v) is 16.0. The molecule has 4 heteroatoms. The van der Waals surface area contributed by atoms with E-state index in [1.807, 2.05) is 24.5 Å². The van der Waals surface area contributed by atoms with Gasteiger partial charge in [0.05, 0.1) is 17.7 Å². The molecule has 2 aromatic carbocycles. The topological polar surface area (TPSA) is 33.6 Å². The van der Waals surface area contributed by atoms with Crippen molar-refractivity contribution < 1.29 is 0 Å². The quantitative estimate of drug-likeness (QED) is 0.449. The third-order valence-electron chi connectivity index (χ3n) is 4.43. The van der Waals surface area contributed by atoms with E-state index in [2.05, 4.69) is 66.9 Å². The van der Waals surface area contributed by atoms with Crippen LogP contribution in [-0.2, 0) is 6.54 Å². The smallest absolute Gasteiger partial charge is 0.0963 e. The predicted octanol–water partition coefficient (Wildman–Crippen LogP) is 6.40. The minimum absolute atomic E-state index is 0.152. The molecule has 0 spiro atoms. The third-order valence-corrected chi connectivity index (χ3v) is 4.66. The molecule has 0 aliphatic rings. The Morgan fingerprint density at radius 1 is 1.08 bits per heavy atom. The molecule has 3 nitrogen and oxygen atoms in total. The molecule has 1 N–H and O–H groups in total. The number of aromatic amines is 1. The number of hydrogen-bond donors (Lipinski definition) is 1. The van der Waals surface area contributed by atoms with Crippen LogP contribution < -0.4 is 0 Å².